The number of nitrogens with one attached hydrogen (secondary N) is 1. The van der Waals surface area contributed by atoms with Crippen LogP contribution in [0, 0.1) is 25.7 Å². The van der Waals surface area contributed by atoms with Gasteiger partial charge < -0.3 is 5.32 Å². The average Bonchev–Trinajstić information content (AvgIpc) is 2.69. The molecule has 1 aromatic rings. The summed E-state index contributed by atoms with van der Waals surface area (Å²) in [5.41, 5.74) is 3.65. The van der Waals surface area contributed by atoms with E-state index in [4.69, 9.17) is 11.6 Å². The highest BCUT2D eigenvalue weighted by Gasteiger charge is 2.52. The summed E-state index contributed by atoms with van der Waals surface area (Å²) in [4.78, 5) is 12.2. The van der Waals surface area contributed by atoms with E-state index in [0.717, 1.165) is 19.3 Å². The summed E-state index contributed by atoms with van der Waals surface area (Å²) >= 11 is 6.81. The number of hydrogen-bond donors (Lipinski definition) is 1. The van der Waals surface area contributed by atoms with Gasteiger partial charge in [0.15, 0.2) is 0 Å². The van der Waals surface area contributed by atoms with Crippen molar-refractivity contribution < 1.29 is 4.79 Å². The van der Waals surface area contributed by atoms with Crippen LogP contribution in [0.2, 0.25) is 0 Å². The lowest BCUT2D eigenvalue weighted by Crippen LogP contribution is -2.45. The standard InChI is InChI=1S/C19H26ClNO/c1-12-7-8-17(13(2)9-12)14(3)21-18(22)19(20)11-15-5-4-6-16(19)10-15/h7-9,14-16H,4-6,10-11H2,1-3H3,(H,21,22). The highest BCUT2D eigenvalue weighted by molar-refractivity contribution is 6.35. The summed E-state index contributed by atoms with van der Waals surface area (Å²) in [6.07, 6.45) is 5.56. The van der Waals surface area contributed by atoms with Crippen LogP contribution in [-0.4, -0.2) is 10.8 Å². The van der Waals surface area contributed by atoms with Gasteiger partial charge in [-0.1, -0.05) is 36.6 Å². The van der Waals surface area contributed by atoms with Crippen molar-refractivity contribution in [1.82, 2.24) is 5.32 Å². The van der Waals surface area contributed by atoms with Crippen molar-refractivity contribution in [2.24, 2.45) is 11.8 Å². The molecule has 0 spiro atoms. The van der Waals surface area contributed by atoms with E-state index < -0.39 is 4.87 Å². The van der Waals surface area contributed by atoms with Gasteiger partial charge in [-0.2, -0.15) is 0 Å². The quantitative estimate of drug-likeness (QED) is 0.806. The molecule has 2 fully saturated rings. The van der Waals surface area contributed by atoms with Gasteiger partial charge in [0.1, 0.15) is 4.87 Å². The number of alkyl halides is 1. The topological polar surface area (TPSA) is 29.1 Å². The summed E-state index contributed by atoms with van der Waals surface area (Å²) in [6.45, 7) is 6.24. The highest BCUT2D eigenvalue weighted by Crippen LogP contribution is 2.52. The van der Waals surface area contributed by atoms with Crippen LogP contribution >= 0.6 is 11.6 Å². The minimum Gasteiger partial charge on any atom is -0.348 e. The molecule has 0 aromatic heterocycles. The molecule has 0 saturated heterocycles. The van der Waals surface area contributed by atoms with Crippen LogP contribution in [0.15, 0.2) is 18.2 Å². The van der Waals surface area contributed by atoms with E-state index >= 15 is 0 Å². The van der Waals surface area contributed by atoms with Gasteiger partial charge in [0.25, 0.3) is 0 Å². The predicted octanol–water partition coefficient (Wildman–Crippen LogP) is 4.67. The van der Waals surface area contributed by atoms with Gasteiger partial charge in [0, 0.05) is 0 Å². The van der Waals surface area contributed by atoms with E-state index in [-0.39, 0.29) is 11.9 Å². The van der Waals surface area contributed by atoms with Crippen molar-refractivity contribution in [3.05, 3.63) is 34.9 Å². The number of fused-ring (bicyclic) bond motifs is 2. The van der Waals surface area contributed by atoms with Crippen molar-refractivity contribution in [3.8, 4) is 0 Å². The van der Waals surface area contributed by atoms with Crippen LogP contribution in [0.25, 0.3) is 0 Å². The second-order valence-electron chi connectivity index (χ2n) is 7.35. The lowest BCUT2D eigenvalue weighted by Gasteiger charge is -2.29. The van der Waals surface area contributed by atoms with Crippen LogP contribution in [0.3, 0.4) is 0 Å². The fourth-order valence-corrected chi connectivity index (χ4v) is 4.93. The summed E-state index contributed by atoms with van der Waals surface area (Å²) in [5, 5.41) is 3.18. The third-order valence-corrected chi connectivity index (χ3v) is 6.27. The molecule has 1 aromatic carbocycles. The second-order valence-corrected chi connectivity index (χ2v) is 8.03. The van der Waals surface area contributed by atoms with E-state index in [1.807, 2.05) is 0 Å². The molecular formula is C19H26ClNO. The molecule has 1 amide bonds. The van der Waals surface area contributed by atoms with Gasteiger partial charge in [-0.15, -0.1) is 11.6 Å². The maximum Gasteiger partial charge on any atom is 0.241 e. The fraction of sp³-hybridized carbons (Fsp3) is 0.632. The molecule has 120 valence electrons. The molecule has 2 saturated carbocycles. The van der Waals surface area contributed by atoms with Crippen molar-refractivity contribution >= 4 is 17.5 Å². The van der Waals surface area contributed by atoms with Crippen LogP contribution in [0.5, 0.6) is 0 Å². The Morgan fingerprint density at radius 2 is 2.14 bits per heavy atom. The predicted molar refractivity (Wildman–Crippen MR) is 91.1 cm³/mol. The zero-order valence-electron chi connectivity index (χ0n) is 13.8. The van der Waals surface area contributed by atoms with Crippen molar-refractivity contribution in [1.29, 1.82) is 0 Å². The Kier molecular flexibility index (Phi) is 4.24. The molecule has 4 unspecified atom stereocenters. The molecule has 22 heavy (non-hydrogen) atoms. The molecule has 0 aliphatic heterocycles. The summed E-state index contributed by atoms with van der Waals surface area (Å²) in [6, 6.07) is 6.38. The van der Waals surface area contributed by atoms with E-state index in [9.17, 15) is 4.79 Å². The van der Waals surface area contributed by atoms with E-state index in [2.05, 4.69) is 44.3 Å². The summed E-state index contributed by atoms with van der Waals surface area (Å²) in [5.74, 6) is 1.05. The maximum atomic E-state index is 12.8. The van der Waals surface area contributed by atoms with E-state index in [1.165, 1.54) is 29.5 Å². The van der Waals surface area contributed by atoms with E-state index in [1.54, 1.807) is 0 Å². The Balaban J connectivity index is 1.73. The molecule has 2 aliphatic carbocycles. The first-order chi connectivity index (χ1) is 10.4. The first kappa shape index (κ1) is 15.9. The lowest BCUT2D eigenvalue weighted by molar-refractivity contribution is -0.125. The fourth-order valence-electron chi connectivity index (χ4n) is 4.46. The Morgan fingerprint density at radius 1 is 1.36 bits per heavy atom. The largest absolute Gasteiger partial charge is 0.348 e. The number of benzene rings is 1. The van der Waals surface area contributed by atoms with Crippen LogP contribution in [-0.2, 0) is 4.79 Å². The second kappa shape index (κ2) is 5.88. The first-order valence-electron chi connectivity index (χ1n) is 8.47. The molecule has 2 nitrogen and oxygen atoms in total. The molecule has 4 atom stereocenters. The van der Waals surface area contributed by atoms with Crippen molar-refractivity contribution in [3.63, 3.8) is 0 Å². The normalized spacial score (nSPS) is 31.8. The smallest absolute Gasteiger partial charge is 0.241 e. The number of amides is 1. The van der Waals surface area contributed by atoms with Gasteiger partial charge in [0.05, 0.1) is 6.04 Å². The number of carbonyl (C=O) groups excluding carboxylic acids is 1. The van der Waals surface area contributed by atoms with Crippen molar-refractivity contribution in [2.45, 2.75) is 63.8 Å². The third-order valence-electron chi connectivity index (χ3n) is 5.63. The number of carbonyl (C=O) groups is 1. The van der Waals surface area contributed by atoms with Crippen molar-refractivity contribution in [2.75, 3.05) is 0 Å². The molecule has 3 rings (SSSR count). The Labute approximate surface area is 138 Å². The minimum absolute atomic E-state index is 0.00387. The summed E-state index contributed by atoms with van der Waals surface area (Å²) in [7, 11) is 0. The molecule has 0 heterocycles. The number of rotatable bonds is 3. The first-order valence-corrected chi connectivity index (χ1v) is 8.85. The molecular weight excluding hydrogens is 294 g/mol. The van der Waals surface area contributed by atoms with Gasteiger partial charge >= 0.3 is 0 Å². The third kappa shape index (κ3) is 2.78. The number of aryl methyl sites for hydroxylation is 2. The van der Waals surface area contributed by atoms with Crippen LogP contribution in [0.4, 0.5) is 0 Å². The molecule has 1 N–H and O–H groups in total. The molecule has 0 radical (unpaired) electrons. The van der Waals surface area contributed by atoms with Crippen LogP contribution in [0.1, 0.15) is 61.8 Å². The Morgan fingerprint density at radius 3 is 2.82 bits per heavy atom. The average molecular weight is 320 g/mol. The maximum absolute atomic E-state index is 12.8. The minimum atomic E-state index is -0.673. The van der Waals surface area contributed by atoms with Gasteiger partial charge in [-0.05, 0) is 63.0 Å². The van der Waals surface area contributed by atoms with Gasteiger partial charge in [-0.25, -0.2) is 0 Å². The monoisotopic (exact) mass is 319 g/mol. The number of halogens is 1. The Bertz CT molecular complexity index is 585. The molecule has 2 aliphatic rings. The van der Waals surface area contributed by atoms with E-state index in [0.29, 0.717) is 11.8 Å². The van der Waals surface area contributed by atoms with Crippen LogP contribution < -0.4 is 5.32 Å². The zero-order chi connectivity index (χ0) is 15.9. The van der Waals surface area contributed by atoms with Gasteiger partial charge in [0.2, 0.25) is 5.91 Å². The molecule has 2 bridgehead atoms. The SMILES string of the molecule is Cc1ccc(C(C)NC(=O)C2(Cl)CC3CCCC2C3)c(C)c1. The summed E-state index contributed by atoms with van der Waals surface area (Å²) < 4.78 is 0. The Hall–Kier alpha value is -1.02. The van der Waals surface area contributed by atoms with Gasteiger partial charge in [-0.3, -0.25) is 4.79 Å². The lowest BCUT2D eigenvalue weighted by atomic mass is 9.86. The number of hydrogen-bond acceptors (Lipinski definition) is 1. The highest BCUT2D eigenvalue weighted by atomic mass is 35.5. The molecule has 3 heteroatoms. The zero-order valence-corrected chi connectivity index (χ0v) is 14.5.